The van der Waals surface area contributed by atoms with E-state index >= 15 is 0 Å². The molecule has 14 heteroatoms. The Morgan fingerprint density at radius 1 is 0.861 bits per heavy atom. The average Bonchev–Trinajstić information content (AvgIpc) is 2.79. The van der Waals surface area contributed by atoms with Gasteiger partial charge in [0.15, 0.2) is 5.96 Å². The zero-order valence-corrected chi connectivity index (χ0v) is 21.5. The van der Waals surface area contributed by atoms with Crippen molar-refractivity contribution < 1.29 is 29.1 Å². The van der Waals surface area contributed by atoms with Gasteiger partial charge in [0.25, 0.3) is 0 Å². The van der Waals surface area contributed by atoms with E-state index in [0.717, 1.165) is 0 Å². The number of aliphatic carboxylic acids is 1. The van der Waals surface area contributed by atoms with Crippen LogP contribution < -0.4 is 38.9 Å². The smallest absolute Gasteiger partial charge is 0.326 e. The molecule has 0 aromatic heterocycles. The lowest BCUT2D eigenvalue weighted by molar-refractivity contribution is -0.142. The van der Waals surface area contributed by atoms with Gasteiger partial charge in [-0.2, -0.15) is 0 Å². The third kappa shape index (κ3) is 12.3. The average molecular weight is 515 g/mol. The molecule has 12 N–H and O–H groups in total. The highest BCUT2D eigenvalue weighted by Gasteiger charge is 2.32. The summed E-state index contributed by atoms with van der Waals surface area (Å²) in [5.74, 6) is -4.63. The van der Waals surface area contributed by atoms with Crippen molar-refractivity contribution in [2.75, 3.05) is 6.54 Å². The van der Waals surface area contributed by atoms with Gasteiger partial charge in [0.1, 0.15) is 18.1 Å². The van der Waals surface area contributed by atoms with Crippen LogP contribution in [0.1, 0.15) is 59.8 Å². The van der Waals surface area contributed by atoms with E-state index in [1.807, 2.05) is 13.8 Å². The maximum absolute atomic E-state index is 13.0. The number of nitrogens with two attached hydrogens (primary N) is 4. The molecule has 5 unspecified atom stereocenters. The Balaban J connectivity index is 5.51. The van der Waals surface area contributed by atoms with Gasteiger partial charge in [0, 0.05) is 13.0 Å². The molecule has 0 fully saturated rings. The predicted octanol–water partition coefficient (Wildman–Crippen LogP) is -2.13. The third-order valence-electron chi connectivity index (χ3n) is 5.68. The number of guanidine groups is 1. The summed E-state index contributed by atoms with van der Waals surface area (Å²) in [7, 11) is 0. The Kier molecular flexibility index (Phi) is 14.7. The highest BCUT2D eigenvalue weighted by atomic mass is 16.4. The van der Waals surface area contributed by atoms with Gasteiger partial charge in [-0.3, -0.25) is 24.2 Å². The predicted molar refractivity (Wildman–Crippen MR) is 134 cm³/mol. The summed E-state index contributed by atoms with van der Waals surface area (Å²) in [4.78, 5) is 65.1. The fraction of sp³-hybridized carbons (Fsp3) is 0.727. The summed E-state index contributed by atoms with van der Waals surface area (Å²) in [6.45, 7) is 7.27. The molecule has 0 saturated heterocycles. The number of carboxylic acids is 1. The van der Waals surface area contributed by atoms with E-state index in [1.54, 1.807) is 13.8 Å². The summed E-state index contributed by atoms with van der Waals surface area (Å²) in [5, 5.41) is 17.0. The van der Waals surface area contributed by atoms with Gasteiger partial charge in [-0.1, -0.05) is 34.1 Å². The van der Waals surface area contributed by atoms with Gasteiger partial charge in [-0.05, 0) is 31.1 Å². The molecule has 4 amide bonds. The minimum atomic E-state index is -1.29. The second-order valence-electron chi connectivity index (χ2n) is 9.06. The number of carboxylic acid groups (broad SMARTS) is 1. The molecule has 14 nitrogen and oxygen atoms in total. The van der Waals surface area contributed by atoms with Crippen LogP contribution in [-0.4, -0.2) is 71.4 Å². The lowest BCUT2D eigenvalue weighted by atomic mass is 9.97. The van der Waals surface area contributed by atoms with E-state index in [1.165, 1.54) is 0 Å². The topological polar surface area (TPSA) is 258 Å². The molecule has 5 atom stereocenters. The summed E-state index contributed by atoms with van der Waals surface area (Å²) in [5.41, 5.74) is 21.6. The fourth-order valence-electron chi connectivity index (χ4n) is 3.15. The molecule has 36 heavy (non-hydrogen) atoms. The van der Waals surface area contributed by atoms with Crippen molar-refractivity contribution in [2.24, 2.45) is 39.8 Å². The van der Waals surface area contributed by atoms with Crippen molar-refractivity contribution in [3.05, 3.63) is 0 Å². The number of rotatable bonds is 17. The summed E-state index contributed by atoms with van der Waals surface area (Å²) in [6, 6.07) is -4.40. The zero-order valence-electron chi connectivity index (χ0n) is 21.5. The molecule has 0 radical (unpaired) electrons. The van der Waals surface area contributed by atoms with Crippen LogP contribution in [0.5, 0.6) is 0 Å². The van der Waals surface area contributed by atoms with Gasteiger partial charge in [0.05, 0.1) is 6.04 Å². The summed E-state index contributed by atoms with van der Waals surface area (Å²) in [6.07, 6.45) is 0.549. The highest BCUT2D eigenvalue weighted by Crippen LogP contribution is 2.09. The van der Waals surface area contributed by atoms with Crippen LogP contribution in [0.25, 0.3) is 0 Å². The van der Waals surface area contributed by atoms with Crippen molar-refractivity contribution in [3.63, 3.8) is 0 Å². The van der Waals surface area contributed by atoms with Gasteiger partial charge in [-0.25, -0.2) is 4.79 Å². The molecule has 0 aliphatic carbocycles. The van der Waals surface area contributed by atoms with E-state index in [0.29, 0.717) is 6.42 Å². The van der Waals surface area contributed by atoms with Crippen LogP contribution in [0.2, 0.25) is 0 Å². The van der Waals surface area contributed by atoms with Gasteiger partial charge >= 0.3 is 5.97 Å². The molecule has 0 aromatic carbocycles. The molecule has 0 heterocycles. The Labute approximate surface area is 211 Å². The first kappa shape index (κ1) is 32.6. The van der Waals surface area contributed by atoms with E-state index in [9.17, 15) is 29.1 Å². The molecule has 206 valence electrons. The number of carbonyl (C=O) groups is 5. The molecule has 0 aliphatic rings. The van der Waals surface area contributed by atoms with E-state index < -0.39 is 53.8 Å². The number of nitrogens with one attached hydrogen (secondary N) is 3. The first-order valence-corrected chi connectivity index (χ1v) is 11.9. The molecule has 0 rings (SSSR count). The van der Waals surface area contributed by atoms with Crippen molar-refractivity contribution in [1.82, 2.24) is 16.0 Å². The molecule has 0 saturated carbocycles. The molecule has 0 spiro atoms. The Hall–Kier alpha value is -3.42. The summed E-state index contributed by atoms with van der Waals surface area (Å²) < 4.78 is 0. The van der Waals surface area contributed by atoms with Crippen molar-refractivity contribution in [1.29, 1.82) is 0 Å². The van der Waals surface area contributed by atoms with Crippen LogP contribution in [0, 0.1) is 11.8 Å². The number of amides is 4. The van der Waals surface area contributed by atoms with Crippen LogP contribution >= 0.6 is 0 Å². The number of carbonyl (C=O) groups excluding carboxylic acids is 4. The SMILES string of the molecule is CCC(C)C(N)C(=O)NC(C(=O)NC(CCC(N)=O)C(=O)NC(CCCN=C(N)N)C(=O)O)C(C)C. The van der Waals surface area contributed by atoms with Crippen molar-refractivity contribution in [3.8, 4) is 0 Å². The second-order valence-corrected chi connectivity index (χ2v) is 9.06. The molecule has 0 aliphatic heterocycles. The van der Waals surface area contributed by atoms with Crippen LogP contribution in [-0.2, 0) is 24.0 Å². The lowest BCUT2D eigenvalue weighted by Crippen LogP contribution is -2.59. The monoisotopic (exact) mass is 514 g/mol. The maximum Gasteiger partial charge on any atom is 0.326 e. The zero-order chi connectivity index (χ0) is 28.0. The number of hydrogen-bond donors (Lipinski definition) is 8. The van der Waals surface area contributed by atoms with Crippen molar-refractivity contribution in [2.45, 2.75) is 84.0 Å². The standard InChI is InChI=1S/C22H42N8O6/c1-5-12(4)16(24)19(33)30-17(11(2)3)20(34)28-13(8-9-15(23)31)18(32)29-14(21(35)36)7-6-10-27-22(25)26/h11-14,16-17H,5-10,24H2,1-4H3,(H2,23,31)(H,28,34)(H,29,32)(H,30,33)(H,35,36)(H4,25,26,27). The molecular formula is C22H42N8O6. The number of aliphatic imine (C=N–C) groups is 1. The Bertz CT molecular complexity index is 799. The third-order valence-corrected chi connectivity index (χ3v) is 5.68. The molecule has 0 bridgehead atoms. The van der Waals surface area contributed by atoms with Gasteiger partial charge < -0.3 is 44.0 Å². The quantitative estimate of drug-likeness (QED) is 0.0598. The minimum Gasteiger partial charge on any atom is -0.480 e. The fourth-order valence-corrected chi connectivity index (χ4v) is 3.15. The highest BCUT2D eigenvalue weighted by molar-refractivity contribution is 5.94. The Morgan fingerprint density at radius 3 is 1.92 bits per heavy atom. The van der Waals surface area contributed by atoms with E-state index in [-0.39, 0.29) is 50.0 Å². The van der Waals surface area contributed by atoms with E-state index in [2.05, 4.69) is 20.9 Å². The number of primary amides is 1. The van der Waals surface area contributed by atoms with Crippen molar-refractivity contribution >= 4 is 35.6 Å². The maximum atomic E-state index is 13.0. The van der Waals surface area contributed by atoms with Crippen LogP contribution in [0.4, 0.5) is 0 Å². The first-order valence-electron chi connectivity index (χ1n) is 11.9. The first-order chi connectivity index (χ1) is 16.7. The van der Waals surface area contributed by atoms with Crippen LogP contribution in [0.15, 0.2) is 4.99 Å². The number of nitrogens with zero attached hydrogens (tertiary/aromatic N) is 1. The van der Waals surface area contributed by atoms with Gasteiger partial charge in [-0.15, -0.1) is 0 Å². The van der Waals surface area contributed by atoms with Gasteiger partial charge in [0.2, 0.25) is 23.6 Å². The Morgan fingerprint density at radius 2 is 1.44 bits per heavy atom. The number of hydrogen-bond acceptors (Lipinski definition) is 7. The summed E-state index contributed by atoms with van der Waals surface area (Å²) >= 11 is 0. The largest absolute Gasteiger partial charge is 0.480 e. The normalized spacial score (nSPS) is 15.1. The minimum absolute atomic E-state index is 0.0204. The molecular weight excluding hydrogens is 472 g/mol. The van der Waals surface area contributed by atoms with Crippen LogP contribution in [0.3, 0.4) is 0 Å². The second kappa shape index (κ2) is 16.3. The van der Waals surface area contributed by atoms with E-state index in [4.69, 9.17) is 22.9 Å². The molecule has 0 aromatic rings. The lowest BCUT2D eigenvalue weighted by Gasteiger charge is -2.27.